The first kappa shape index (κ1) is 16.3. The Morgan fingerprint density at radius 2 is 2.08 bits per heavy atom. The number of aryl methyl sites for hydroxylation is 2. The molecule has 4 rings (SSSR count). The van der Waals surface area contributed by atoms with Crippen molar-refractivity contribution in [2.75, 3.05) is 0 Å². The Morgan fingerprint density at radius 1 is 1.27 bits per heavy atom. The Labute approximate surface area is 150 Å². The molecule has 26 heavy (non-hydrogen) atoms. The molecule has 7 nitrogen and oxygen atoms in total. The highest BCUT2D eigenvalue weighted by atomic mass is 16.2. The van der Waals surface area contributed by atoms with Crippen molar-refractivity contribution in [2.24, 2.45) is 7.05 Å². The Morgan fingerprint density at radius 3 is 2.88 bits per heavy atom. The molecule has 7 heteroatoms. The zero-order chi connectivity index (χ0) is 18.1. The summed E-state index contributed by atoms with van der Waals surface area (Å²) in [4.78, 5) is 24.2. The quantitative estimate of drug-likeness (QED) is 0.749. The molecule has 0 saturated heterocycles. The van der Waals surface area contributed by atoms with Crippen LogP contribution in [0.4, 0.5) is 0 Å². The Balaban J connectivity index is 1.51. The minimum absolute atomic E-state index is 0.0197. The fourth-order valence-corrected chi connectivity index (χ4v) is 3.35. The molecule has 2 heterocycles. The highest BCUT2D eigenvalue weighted by molar-refractivity contribution is 5.94. The third-order valence-corrected chi connectivity index (χ3v) is 4.69. The van der Waals surface area contributed by atoms with Gasteiger partial charge in [0.25, 0.3) is 11.5 Å². The van der Waals surface area contributed by atoms with Gasteiger partial charge in [-0.25, -0.2) is 5.10 Å². The van der Waals surface area contributed by atoms with Crippen LogP contribution in [0.3, 0.4) is 0 Å². The van der Waals surface area contributed by atoms with E-state index in [2.05, 4.69) is 20.6 Å². The van der Waals surface area contributed by atoms with E-state index in [0.29, 0.717) is 12.1 Å². The molecule has 0 unspecified atom stereocenters. The smallest absolute Gasteiger partial charge is 0.269 e. The summed E-state index contributed by atoms with van der Waals surface area (Å²) in [6, 6.07) is 13.1. The summed E-state index contributed by atoms with van der Waals surface area (Å²) >= 11 is 0. The number of fused-ring (bicyclic) bond motifs is 1. The van der Waals surface area contributed by atoms with Crippen LogP contribution in [-0.2, 0) is 19.9 Å². The van der Waals surface area contributed by atoms with E-state index in [9.17, 15) is 9.59 Å². The maximum atomic E-state index is 12.7. The molecule has 1 atom stereocenters. The van der Waals surface area contributed by atoms with E-state index in [0.717, 1.165) is 35.4 Å². The van der Waals surface area contributed by atoms with E-state index in [1.54, 1.807) is 23.9 Å². The Hall–Kier alpha value is -3.22. The van der Waals surface area contributed by atoms with Crippen LogP contribution in [0.15, 0.2) is 47.3 Å². The fourth-order valence-electron chi connectivity index (χ4n) is 3.35. The molecule has 3 aromatic rings. The van der Waals surface area contributed by atoms with Gasteiger partial charge in [0.15, 0.2) is 0 Å². The first-order valence-corrected chi connectivity index (χ1v) is 8.58. The number of nitrogens with one attached hydrogen (secondary N) is 2. The molecule has 0 bridgehead atoms. The lowest BCUT2D eigenvalue weighted by molar-refractivity contribution is 0.0924. The van der Waals surface area contributed by atoms with Crippen LogP contribution in [0, 0.1) is 0 Å². The molecule has 1 aliphatic rings. The van der Waals surface area contributed by atoms with E-state index >= 15 is 0 Å². The average Bonchev–Trinajstić information content (AvgIpc) is 3.04. The van der Waals surface area contributed by atoms with Gasteiger partial charge in [-0.15, -0.1) is 0 Å². The van der Waals surface area contributed by atoms with Crippen LogP contribution in [0.5, 0.6) is 0 Å². The number of nitrogens with zero attached hydrogens (tertiary/aromatic N) is 3. The number of aromatic nitrogens is 4. The van der Waals surface area contributed by atoms with E-state index in [-0.39, 0.29) is 17.5 Å². The van der Waals surface area contributed by atoms with Crippen molar-refractivity contribution in [1.82, 2.24) is 25.3 Å². The molecule has 0 fully saturated rings. The maximum Gasteiger partial charge on any atom is 0.269 e. The third kappa shape index (κ3) is 3.15. The number of rotatable bonds is 3. The lowest BCUT2D eigenvalue weighted by Crippen LogP contribution is -2.40. The predicted octanol–water partition coefficient (Wildman–Crippen LogP) is 1.46. The summed E-state index contributed by atoms with van der Waals surface area (Å²) in [6.07, 6.45) is 2.14. The number of aromatic amines is 1. The zero-order valence-electron chi connectivity index (χ0n) is 14.4. The lowest BCUT2D eigenvalue weighted by atomic mass is 9.92. The summed E-state index contributed by atoms with van der Waals surface area (Å²) in [5, 5.41) is 14.0. The second-order valence-electron chi connectivity index (χ2n) is 6.52. The number of hydrogen-bond acceptors (Lipinski definition) is 4. The van der Waals surface area contributed by atoms with Gasteiger partial charge in [0.05, 0.1) is 11.4 Å². The normalized spacial score (nSPS) is 16.1. The van der Waals surface area contributed by atoms with E-state index in [4.69, 9.17) is 0 Å². The van der Waals surface area contributed by atoms with Gasteiger partial charge in [0, 0.05) is 24.7 Å². The third-order valence-electron chi connectivity index (χ3n) is 4.69. The molecular formula is C19H19N5O2. The molecular weight excluding hydrogens is 330 g/mol. The van der Waals surface area contributed by atoms with E-state index < -0.39 is 0 Å². The Kier molecular flexibility index (Phi) is 4.12. The van der Waals surface area contributed by atoms with Crippen molar-refractivity contribution in [3.63, 3.8) is 0 Å². The van der Waals surface area contributed by atoms with Crippen molar-refractivity contribution in [2.45, 2.75) is 25.3 Å². The van der Waals surface area contributed by atoms with Crippen LogP contribution >= 0.6 is 0 Å². The van der Waals surface area contributed by atoms with Gasteiger partial charge in [0.1, 0.15) is 5.69 Å². The van der Waals surface area contributed by atoms with Crippen molar-refractivity contribution in [3.05, 3.63) is 69.8 Å². The molecule has 0 spiro atoms. The monoisotopic (exact) mass is 349 g/mol. The highest BCUT2D eigenvalue weighted by Gasteiger charge is 2.23. The summed E-state index contributed by atoms with van der Waals surface area (Å²) in [5.41, 5.74) is 3.85. The summed E-state index contributed by atoms with van der Waals surface area (Å²) in [5.74, 6) is -0.159. The summed E-state index contributed by atoms with van der Waals surface area (Å²) in [7, 11) is 1.76. The number of benzene rings is 1. The number of carbonyl (C=O) groups is 1. The van der Waals surface area contributed by atoms with Gasteiger partial charge < -0.3 is 5.32 Å². The van der Waals surface area contributed by atoms with Crippen molar-refractivity contribution < 1.29 is 4.79 Å². The first-order chi connectivity index (χ1) is 12.6. The van der Waals surface area contributed by atoms with Gasteiger partial charge in [-0.05, 0) is 30.9 Å². The molecule has 1 amide bonds. The number of hydrogen-bond donors (Lipinski definition) is 2. The minimum atomic E-state index is -0.213. The van der Waals surface area contributed by atoms with Crippen molar-refractivity contribution in [1.29, 1.82) is 0 Å². The lowest BCUT2D eigenvalue weighted by Gasteiger charge is -2.24. The topological polar surface area (TPSA) is 92.7 Å². The molecule has 0 radical (unpaired) electrons. The van der Waals surface area contributed by atoms with Crippen molar-refractivity contribution in [3.8, 4) is 11.3 Å². The largest absolute Gasteiger partial charge is 0.348 e. The van der Waals surface area contributed by atoms with Crippen LogP contribution in [0.2, 0.25) is 0 Å². The molecule has 1 aromatic carbocycles. The second kappa shape index (κ2) is 6.59. The highest BCUT2D eigenvalue weighted by Crippen LogP contribution is 2.20. The molecule has 0 saturated carbocycles. The second-order valence-corrected chi connectivity index (χ2v) is 6.52. The van der Waals surface area contributed by atoms with Gasteiger partial charge >= 0.3 is 0 Å². The Bertz CT molecular complexity index is 1010. The number of carbonyl (C=O) groups excluding carboxylic acids is 1. The molecule has 0 aliphatic heterocycles. The van der Waals surface area contributed by atoms with Crippen LogP contribution in [0.25, 0.3) is 11.3 Å². The SMILES string of the molecule is Cn1nc(-c2ccccc2)cc1C(=O)N[C@@H]1CCc2n[nH]c(=O)cc2C1. The van der Waals surface area contributed by atoms with Gasteiger partial charge in [-0.3, -0.25) is 14.3 Å². The van der Waals surface area contributed by atoms with Crippen LogP contribution < -0.4 is 10.9 Å². The maximum absolute atomic E-state index is 12.7. The number of amides is 1. The van der Waals surface area contributed by atoms with E-state index in [1.165, 1.54) is 0 Å². The van der Waals surface area contributed by atoms with E-state index in [1.807, 2.05) is 30.3 Å². The van der Waals surface area contributed by atoms with Gasteiger partial charge in [-0.2, -0.15) is 10.2 Å². The first-order valence-electron chi connectivity index (χ1n) is 8.58. The summed E-state index contributed by atoms with van der Waals surface area (Å²) < 4.78 is 1.60. The van der Waals surface area contributed by atoms with Gasteiger partial charge in [-0.1, -0.05) is 30.3 Å². The average molecular weight is 349 g/mol. The van der Waals surface area contributed by atoms with Crippen LogP contribution in [0.1, 0.15) is 28.2 Å². The molecule has 132 valence electrons. The predicted molar refractivity (Wildman–Crippen MR) is 96.8 cm³/mol. The van der Waals surface area contributed by atoms with Crippen molar-refractivity contribution >= 4 is 5.91 Å². The molecule has 1 aliphatic carbocycles. The standard InChI is InChI=1S/C19H19N5O2/c1-24-17(11-16(23-24)12-5-3-2-4-6-12)19(26)20-14-7-8-15-13(9-14)10-18(25)22-21-15/h2-6,10-11,14H,7-9H2,1H3,(H,20,26)(H,22,25)/t14-/m1/s1. The molecule has 2 aromatic heterocycles. The number of H-pyrrole nitrogens is 1. The zero-order valence-corrected chi connectivity index (χ0v) is 14.4. The van der Waals surface area contributed by atoms with Gasteiger partial charge in [0.2, 0.25) is 0 Å². The molecule has 2 N–H and O–H groups in total. The minimum Gasteiger partial charge on any atom is -0.348 e. The summed E-state index contributed by atoms with van der Waals surface area (Å²) in [6.45, 7) is 0. The van der Waals surface area contributed by atoms with Crippen LogP contribution in [-0.4, -0.2) is 31.9 Å². The fraction of sp³-hybridized carbons (Fsp3) is 0.263.